The number of methoxy groups -OCH3 is 1. The summed E-state index contributed by atoms with van der Waals surface area (Å²) in [6, 6.07) is 11.8. The second-order valence-corrected chi connectivity index (χ2v) is 6.74. The van der Waals surface area contributed by atoms with Crippen molar-refractivity contribution in [1.82, 2.24) is 0 Å². The number of carbonyl (C=O) groups is 1. The standard InChI is InChI=1S/C21H21NO3/c1-12-15(21(23)24)9-10-18-16-7-4-8-17(16)20(22-19(12)18)13-5-3-6-14(11-13)25-2/h3-7,9-11,16-17,20,22H,8H2,1-2H3,(H,23,24)/p-1/t16-,17-,20-/m0/s1. The van der Waals surface area contributed by atoms with Gasteiger partial charge in [0, 0.05) is 17.2 Å². The lowest BCUT2D eigenvalue weighted by molar-refractivity contribution is -0.255. The van der Waals surface area contributed by atoms with Gasteiger partial charge in [0.2, 0.25) is 0 Å². The lowest BCUT2D eigenvalue weighted by Gasteiger charge is -2.39. The Morgan fingerprint density at radius 2 is 2.12 bits per heavy atom. The van der Waals surface area contributed by atoms with E-state index in [-0.39, 0.29) is 11.6 Å². The largest absolute Gasteiger partial charge is 0.545 e. The number of hydrogen-bond acceptors (Lipinski definition) is 4. The molecular weight excluding hydrogens is 314 g/mol. The molecule has 2 aromatic rings. The molecule has 1 heterocycles. The van der Waals surface area contributed by atoms with Gasteiger partial charge in [0.15, 0.2) is 0 Å². The highest BCUT2D eigenvalue weighted by Crippen LogP contribution is 2.51. The van der Waals surface area contributed by atoms with Crippen molar-refractivity contribution in [3.8, 4) is 5.75 Å². The molecule has 0 saturated carbocycles. The summed E-state index contributed by atoms with van der Waals surface area (Å²) in [5.41, 5.74) is 4.23. The van der Waals surface area contributed by atoms with Crippen LogP contribution >= 0.6 is 0 Å². The molecule has 25 heavy (non-hydrogen) atoms. The predicted octanol–water partition coefficient (Wildman–Crippen LogP) is 3.19. The number of hydrogen-bond donors (Lipinski definition) is 1. The van der Waals surface area contributed by atoms with Crippen LogP contribution < -0.4 is 15.2 Å². The Hall–Kier alpha value is -2.75. The van der Waals surface area contributed by atoms with Gasteiger partial charge in [-0.05, 0) is 48.1 Å². The predicted molar refractivity (Wildman–Crippen MR) is 94.9 cm³/mol. The normalized spacial score (nSPS) is 23.5. The quantitative estimate of drug-likeness (QED) is 0.876. The van der Waals surface area contributed by atoms with Crippen molar-refractivity contribution >= 4 is 11.7 Å². The van der Waals surface area contributed by atoms with Gasteiger partial charge in [-0.25, -0.2) is 0 Å². The van der Waals surface area contributed by atoms with E-state index in [1.807, 2.05) is 25.1 Å². The first-order chi connectivity index (χ1) is 12.1. The molecule has 2 aliphatic rings. The van der Waals surface area contributed by atoms with Gasteiger partial charge in [-0.1, -0.05) is 36.4 Å². The molecule has 0 aromatic heterocycles. The fourth-order valence-corrected chi connectivity index (χ4v) is 4.20. The molecule has 4 rings (SSSR count). The molecular formula is C21H20NO3-. The molecule has 0 amide bonds. The van der Waals surface area contributed by atoms with E-state index in [4.69, 9.17) is 4.74 Å². The summed E-state index contributed by atoms with van der Waals surface area (Å²) in [4.78, 5) is 11.4. The van der Waals surface area contributed by atoms with Crippen molar-refractivity contribution in [2.24, 2.45) is 5.92 Å². The molecule has 3 atom stereocenters. The SMILES string of the molecule is COc1cccc([C@@H]2Nc3c(ccc(C(=O)[O-])c3C)[C@H]3C=CC[C@@H]32)c1. The Morgan fingerprint density at radius 1 is 1.28 bits per heavy atom. The van der Waals surface area contributed by atoms with Gasteiger partial charge >= 0.3 is 0 Å². The number of aromatic carboxylic acids is 1. The van der Waals surface area contributed by atoms with E-state index >= 15 is 0 Å². The second-order valence-electron chi connectivity index (χ2n) is 6.74. The van der Waals surface area contributed by atoms with E-state index in [0.29, 0.717) is 11.8 Å². The van der Waals surface area contributed by atoms with Crippen molar-refractivity contribution in [2.75, 3.05) is 12.4 Å². The third-order valence-corrected chi connectivity index (χ3v) is 5.47. The maximum Gasteiger partial charge on any atom is 0.119 e. The third kappa shape index (κ3) is 2.49. The highest BCUT2D eigenvalue weighted by molar-refractivity contribution is 5.90. The highest BCUT2D eigenvalue weighted by Gasteiger charge is 2.38. The van der Waals surface area contributed by atoms with Crippen molar-refractivity contribution in [3.05, 3.63) is 70.8 Å². The van der Waals surface area contributed by atoms with E-state index in [1.54, 1.807) is 13.2 Å². The van der Waals surface area contributed by atoms with Gasteiger partial charge in [-0.15, -0.1) is 0 Å². The molecule has 4 nitrogen and oxygen atoms in total. The van der Waals surface area contributed by atoms with Gasteiger partial charge in [-0.2, -0.15) is 0 Å². The van der Waals surface area contributed by atoms with E-state index in [9.17, 15) is 9.90 Å². The smallest absolute Gasteiger partial charge is 0.119 e. The van der Waals surface area contributed by atoms with Crippen LogP contribution in [0.25, 0.3) is 0 Å². The van der Waals surface area contributed by atoms with Crippen LogP contribution in [-0.2, 0) is 0 Å². The summed E-state index contributed by atoms with van der Waals surface area (Å²) in [7, 11) is 1.67. The van der Waals surface area contributed by atoms with Crippen molar-refractivity contribution in [2.45, 2.75) is 25.3 Å². The van der Waals surface area contributed by atoms with Gasteiger partial charge in [0.25, 0.3) is 0 Å². The van der Waals surface area contributed by atoms with E-state index in [0.717, 1.165) is 29.0 Å². The van der Waals surface area contributed by atoms with Crippen LogP contribution in [0.4, 0.5) is 5.69 Å². The van der Waals surface area contributed by atoms with Crippen LogP contribution in [-0.4, -0.2) is 13.1 Å². The Bertz CT molecular complexity index is 871. The van der Waals surface area contributed by atoms with E-state index in [1.165, 1.54) is 5.56 Å². The van der Waals surface area contributed by atoms with Crippen LogP contribution in [0, 0.1) is 12.8 Å². The first-order valence-electron chi connectivity index (χ1n) is 8.52. The van der Waals surface area contributed by atoms with Crippen LogP contribution in [0.2, 0.25) is 0 Å². The lowest BCUT2D eigenvalue weighted by Crippen LogP contribution is -2.31. The van der Waals surface area contributed by atoms with E-state index in [2.05, 4.69) is 29.6 Å². The van der Waals surface area contributed by atoms with Crippen LogP contribution in [0.15, 0.2) is 48.6 Å². The molecule has 0 bridgehead atoms. The number of anilines is 1. The number of nitrogens with one attached hydrogen (secondary N) is 1. The number of benzene rings is 2. The third-order valence-electron chi connectivity index (χ3n) is 5.47. The molecule has 0 radical (unpaired) electrons. The Morgan fingerprint density at radius 3 is 2.88 bits per heavy atom. The number of carboxylic acids is 1. The number of ether oxygens (including phenoxy) is 1. The summed E-state index contributed by atoms with van der Waals surface area (Å²) >= 11 is 0. The molecule has 4 heteroatoms. The maximum absolute atomic E-state index is 11.4. The summed E-state index contributed by atoms with van der Waals surface area (Å²) in [5, 5.41) is 15.0. The van der Waals surface area contributed by atoms with Crippen LogP contribution in [0.1, 0.15) is 45.4 Å². The van der Waals surface area contributed by atoms with Gasteiger partial charge in [-0.3, -0.25) is 0 Å². The Kier molecular flexibility index (Phi) is 3.75. The number of carboxylic acid groups (broad SMARTS) is 1. The van der Waals surface area contributed by atoms with Crippen molar-refractivity contribution < 1.29 is 14.6 Å². The molecule has 1 N–H and O–H groups in total. The van der Waals surface area contributed by atoms with E-state index < -0.39 is 5.97 Å². The van der Waals surface area contributed by atoms with Crippen molar-refractivity contribution in [3.63, 3.8) is 0 Å². The zero-order valence-electron chi connectivity index (χ0n) is 14.3. The molecule has 1 aliphatic carbocycles. The van der Waals surface area contributed by atoms with Gasteiger partial charge in [0.05, 0.1) is 19.1 Å². The highest BCUT2D eigenvalue weighted by atomic mass is 16.5. The average molecular weight is 334 g/mol. The number of allylic oxidation sites excluding steroid dienone is 2. The molecule has 0 fully saturated rings. The first-order valence-corrected chi connectivity index (χ1v) is 8.52. The van der Waals surface area contributed by atoms with Crippen molar-refractivity contribution in [1.29, 1.82) is 0 Å². The Labute approximate surface area is 147 Å². The molecule has 1 aliphatic heterocycles. The molecule has 0 saturated heterocycles. The van der Waals surface area contributed by atoms with Gasteiger partial charge < -0.3 is 20.0 Å². The fraction of sp³-hybridized carbons (Fsp3) is 0.286. The molecule has 0 unspecified atom stereocenters. The molecule has 2 aromatic carbocycles. The number of fused-ring (bicyclic) bond motifs is 3. The topological polar surface area (TPSA) is 61.4 Å². The zero-order chi connectivity index (χ0) is 17.6. The van der Waals surface area contributed by atoms with Crippen LogP contribution in [0.3, 0.4) is 0 Å². The monoisotopic (exact) mass is 334 g/mol. The number of carbonyl (C=O) groups excluding carboxylic acids is 1. The summed E-state index contributed by atoms with van der Waals surface area (Å²) < 4.78 is 5.37. The van der Waals surface area contributed by atoms with Crippen LogP contribution in [0.5, 0.6) is 5.75 Å². The zero-order valence-corrected chi connectivity index (χ0v) is 14.3. The minimum Gasteiger partial charge on any atom is -0.545 e. The fourth-order valence-electron chi connectivity index (χ4n) is 4.20. The first kappa shape index (κ1) is 15.8. The second kappa shape index (κ2) is 5.96. The molecule has 0 spiro atoms. The molecule has 128 valence electrons. The summed E-state index contributed by atoms with van der Waals surface area (Å²) in [6.07, 6.45) is 5.47. The summed E-state index contributed by atoms with van der Waals surface area (Å²) in [5.74, 6) is 0.395. The lowest BCUT2D eigenvalue weighted by atomic mass is 9.76. The minimum absolute atomic E-state index is 0.110. The maximum atomic E-state index is 11.4. The minimum atomic E-state index is -1.14. The summed E-state index contributed by atoms with van der Waals surface area (Å²) in [6.45, 7) is 1.85. The number of rotatable bonds is 3. The Balaban J connectivity index is 1.83. The average Bonchev–Trinajstić information content (AvgIpc) is 3.11. The van der Waals surface area contributed by atoms with Gasteiger partial charge in [0.1, 0.15) is 5.75 Å².